The largest absolute Gasteiger partial charge is 0.493 e. The van der Waals surface area contributed by atoms with E-state index in [1.54, 1.807) is 0 Å². The van der Waals surface area contributed by atoms with Crippen LogP contribution in [-0.2, 0) is 13.0 Å². The van der Waals surface area contributed by atoms with Crippen molar-refractivity contribution < 1.29 is 4.74 Å². The van der Waals surface area contributed by atoms with Crippen LogP contribution < -0.4 is 10.1 Å². The maximum Gasteiger partial charge on any atom is 0.122 e. The van der Waals surface area contributed by atoms with E-state index in [1.807, 2.05) is 7.05 Å². The van der Waals surface area contributed by atoms with E-state index in [9.17, 15) is 0 Å². The highest BCUT2D eigenvalue weighted by atomic mass is 16.5. The molecule has 1 aromatic rings. The van der Waals surface area contributed by atoms with Crippen LogP contribution >= 0.6 is 0 Å². The molecule has 1 aliphatic rings. The van der Waals surface area contributed by atoms with Crippen molar-refractivity contribution >= 4 is 0 Å². The zero-order chi connectivity index (χ0) is 8.39. The van der Waals surface area contributed by atoms with E-state index < -0.39 is 0 Å². The highest BCUT2D eigenvalue weighted by Crippen LogP contribution is 2.25. The first-order chi connectivity index (χ1) is 5.90. The standard InChI is InChI=1S/C10H13NO/c1-11-7-8-2-3-9-4-5-12-10(9)6-8/h2-3,6,11H,4-5,7H2,1H3. The third-order valence-corrected chi connectivity index (χ3v) is 2.14. The molecule has 0 spiro atoms. The number of rotatable bonds is 2. The minimum Gasteiger partial charge on any atom is -0.493 e. The first-order valence-corrected chi connectivity index (χ1v) is 4.29. The molecule has 0 atom stereocenters. The first-order valence-electron chi connectivity index (χ1n) is 4.29. The number of hydrogen-bond donors (Lipinski definition) is 1. The lowest BCUT2D eigenvalue weighted by Crippen LogP contribution is -2.04. The van der Waals surface area contributed by atoms with Gasteiger partial charge in [-0.25, -0.2) is 0 Å². The van der Waals surface area contributed by atoms with Gasteiger partial charge in [-0.3, -0.25) is 0 Å². The van der Waals surface area contributed by atoms with E-state index in [0.717, 1.165) is 25.3 Å². The molecule has 1 heterocycles. The highest BCUT2D eigenvalue weighted by molar-refractivity contribution is 5.39. The molecular weight excluding hydrogens is 150 g/mol. The molecule has 0 aliphatic carbocycles. The smallest absolute Gasteiger partial charge is 0.122 e. The lowest BCUT2D eigenvalue weighted by atomic mass is 10.1. The predicted octanol–water partition coefficient (Wildman–Crippen LogP) is 1.34. The molecule has 0 saturated carbocycles. The van der Waals surface area contributed by atoms with E-state index in [-0.39, 0.29) is 0 Å². The molecule has 2 nitrogen and oxygen atoms in total. The van der Waals surface area contributed by atoms with Crippen LogP contribution in [0.2, 0.25) is 0 Å². The molecular formula is C10H13NO. The molecule has 1 N–H and O–H groups in total. The summed E-state index contributed by atoms with van der Waals surface area (Å²) < 4.78 is 5.46. The molecule has 12 heavy (non-hydrogen) atoms. The summed E-state index contributed by atoms with van der Waals surface area (Å²) in [5.41, 5.74) is 2.63. The summed E-state index contributed by atoms with van der Waals surface area (Å²) in [6.07, 6.45) is 1.06. The predicted molar refractivity (Wildman–Crippen MR) is 48.4 cm³/mol. The Morgan fingerprint density at radius 3 is 3.25 bits per heavy atom. The first kappa shape index (κ1) is 7.62. The number of ether oxygens (including phenoxy) is 1. The second-order valence-corrected chi connectivity index (χ2v) is 3.07. The maximum atomic E-state index is 5.46. The topological polar surface area (TPSA) is 21.3 Å². The van der Waals surface area contributed by atoms with Crippen LogP contribution in [0.5, 0.6) is 5.75 Å². The highest BCUT2D eigenvalue weighted by Gasteiger charge is 2.11. The molecule has 0 radical (unpaired) electrons. The molecule has 0 fully saturated rings. The third-order valence-electron chi connectivity index (χ3n) is 2.14. The van der Waals surface area contributed by atoms with Crippen LogP contribution in [0, 0.1) is 0 Å². The summed E-state index contributed by atoms with van der Waals surface area (Å²) in [6.45, 7) is 1.76. The van der Waals surface area contributed by atoms with Gasteiger partial charge >= 0.3 is 0 Å². The SMILES string of the molecule is CNCc1ccc2c(c1)OCC2. The van der Waals surface area contributed by atoms with Gasteiger partial charge in [0.2, 0.25) is 0 Å². The van der Waals surface area contributed by atoms with Crippen molar-refractivity contribution in [2.75, 3.05) is 13.7 Å². The lowest BCUT2D eigenvalue weighted by molar-refractivity contribution is 0.356. The fraction of sp³-hybridized carbons (Fsp3) is 0.400. The van der Waals surface area contributed by atoms with Crippen molar-refractivity contribution in [1.82, 2.24) is 5.32 Å². The van der Waals surface area contributed by atoms with Crippen molar-refractivity contribution in [2.24, 2.45) is 0 Å². The molecule has 1 aliphatic heterocycles. The number of nitrogens with one attached hydrogen (secondary N) is 1. The molecule has 64 valence electrons. The number of fused-ring (bicyclic) bond motifs is 1. The summed E-state index contributed by atoms with van der Waals surface area (Å²) >= 11 is 0. The van der Waals surface area contributed by atoms with Gasteiger partial charge < -0.3 is 10.1 Å². The Bertz CT molecular complexity index is 283. The molecule has 0 amide bonds. The van der Waals surface area contributed by atoms with Gasteiger partial charge in [0.15, 0.2) is 0 Å². The fourth-order valence-corrected chi connectivity index (χ4v) is 1.52. The molecule has 1 aromatic carbocycles. The zero-order valence-corrected chi connectivity index (χ0v) is 7.26. The minimum atomic E-state index is 0.846. The Labute approximate surface area is 72.5 Å². The van der Waals surface area contributed by atoms with Crippen molar-refractivity contribution in [2.45, 2.75) is 13.0 Å². The second-order valence-electron chi connectivity index (χ2n) is 3.07. The summed E-state index contributed by atoms with van der Waals surface area (Å²) in [7, 11) is 1.95. The van der Waals surface area contributed by atoms with Crippen molar-refractivity contribution in [3.63, 3.8) is 0 Å². The number of benzene rings is 1. The van der Waals surface area contributed by atoms with Gasteiger partial charge in [-0.1, -0.05) is 12.1 Å². The zero-order valence-electron chi connectivity index (χ0n) is 7.26. The molecule has 2 rings (SSSR count). The van der Waals surface area contributed by atoms with Crippen LogP contribution in [-0.4, -0.2) is 13.7 Å². The Morgan fingerprint density at radius 1 is 1.50 bits per heavy atom. The van der Waals surface area contributed by atoms with Gasteiger partial charge in [-0.05, 0) is 24.2 Å². The van der Waals surface area contributed by atoms with E-state index >= 15 is 0 Å². The monoisotopic (exact) mass is 163 g/mol. The van der Waals surface area contributed by atoms with E-state index in [2.05, 4.69) is 23.5 Å². The molecule has 0 saturated heterocycles. The van der Waals surface area contributed by atoms with Gasteiger partial charge in [0.25, 0.3) is 0 Å². The van der Waals surface area contributed by atoms with Gasteiger partial charge in [0.05, 0.1) is 6.61 Å². The van der Waals surface area contributed by atoms with Crippen LogP contribution in [0.15, 0.2) is 18.2 Å². The average Bonchev–Trinajstić information content (AvgIpc) is 2.51. The quantitative estimate of drug-likeness (QED) is 0.710. The van der Waals surface area contributed by atoms with Gasteiger partial charge in [-0.2, -0.15) is 0 Å². The van der Waals surface area contributed by atoms with Crippen LogP contribution in [0.4, 0.5) is 0 Å². The molecule has 0 aromatic heterocycles. The van der Waals surface area contributed by atoms with E-state index in [0.29, 0.717) is 0 Å². The van der Waals surface area contributed by atoms with Crippen LogP contribution in [0.25, 0.3) is 0 Å². The van der Waals surface area contributed by atoms with Gasteiger partial charge in [0.1, 0.15) is 5.75 Å². The Hall–Kier alpha value is -1.02. The summed E-state index contributed by atoms with van der Waals surface area (Å²) in [6, 6.07) is 6.44. The average molecular weight is 163 g/mol. The summed E-state index contributed by atoms with van der Waals surface area (Å²) in [4.78, 5) is 0. The van der Waals surface area contributed by atoms with Gasteiger partial charge in [0, 0.05) is 13.0 Å². The summed E-state index contributed by atoms with van der Waals surface area (Å²) in [5, 5.41) is 3.12. The van der Waals surface area contributed by atoms with Gasteiger partial charge in [-0.15, -0.1) is 0 Å². The normalized spacial score (nSPS) is 14.1. The third kappa shape index (κ3) is 1.30. The van der Waals surface area contributed by atoms with Crippen molar-refractivity contribution in [1.29, 1.82) is 0 Å². The van der Waals surface area contributed by atoms with Crippen LogP contribution in [0.3, 0.4) is 0 Å². The minimum absolute atomic E-state index is 0.846. The lowest BCUT2D eigenvalue weighted by Gasteiger charge is -2.02. The number of hydrogen-bond acceptors (Lipinski definition) is 2. The van der Waals surface area contributed by atoms with Crippen molar-refractivity contribution in [3.8, 4) is 5.75 Å². The molecule has 0 unspecified atom stereocenters. The Morgan fingerprint density at radius 2 is 2.42 bits per heavy atom. The maximum absolute atomic E-state index is 5.46. The second kappa shape index (κ2) is 3.15. The van der Waals surface area contributed by atoms with Crippen LogP contribution in [0.1, 0.15) is 11.1 Å². The summed E-state index contributed by atoms with van der Waals surface area (Å²) in [5.74, 6) is 1.07. The Balaban J connectivity index is 2.26. The van der Waals surface area contributed by atoms with Crippen molar-refractivity contribution in [3.05, 3.63) is 29.3 Å². The Kier molecular flexibility index (Phi) is 2.00. The molecule has 0 bridgehead atoms. The molecule has 2 heteroatoms. The van der Waals surface area contributed by atoms with E-state index in [4.69, 9.17) is 4.74 Å². The van der Waals surface area contributed by atoms with E-state index in [1.165, 1.54) is 11.1 Å². The fourth-order valence-electron chi connectivity index (χ4n) is 1.52.